The summed E-state index contributed by atoms with van der Waals surface area (Å²) in [6, 6.07) is 8.19. The molecule has 2 heterocycles. The molecule has 2 atom stereocenters. The summed E-state index contributed by atoms with van der Waals surface area (Å²) in [4.78, 5) is 2.22. The van der Waals surface area contributed by atoms with Crippen LogP contribution in [0.2, 0.25) is 0 Å². The van der Waals surface area contributed by atoms with Crippen LogP contribution in [0.15, 0.2) is 28.7 Å². The van der Waals surface area contributed by atoms with Gasteiger partial charge in [0, 0.05) is 23.4 Å². The van der Waals surface area contributed by atoms with Crippen LogP contribution in [0, 0.1) is 6.92 Å². The number of likely N-dealkylation sites (N-methyl/N-ethyl adjacent to an activating group) is 1. The zero-order chi connectivity index (χ0) is 13.4. The average molecular weight is 277 g/mol. The summed E-state index contributed by atoms with van der Waals surface area (Å²) < 4.78 is 5.88. The largest absolute Gasteiger partial charge is 0.458 e. The fourth-order valence-electron chi connectivity index (χ4n) is 2.60. The first-order valence-electron chi connectivity index (χ1n) is 6.62. The molecular formula is C15H19NO2S. The van der Waals surface area contributed by atoms with Crippen LogP contribution in [0.3, 0.4) is 0 Å². The number of hydrogen-bond acceptors (Lipinski definition) is 4. The Kier molecular flexibility index (Phi) is 3.56. The van der Waals surface area contributed by atoms with Gasteiger partial charge < -0.3 is 9.52 Å². The van der Waals surface area contributed by atoms with Gasteiger partial charge in [-0.1, -0.05) is 18.2 Å². The van der Waals surface area contributed by atoms with Crippen molar-refractivity contribution in [1.82, 2.24) is 4.90 Å². The molecular weight excluding hydrogens is 258 g/mol. The molecule has 3 rings (SSSR count). The van der Waals surface area contributed by atoms with Gasteiger partial charge >= 0.3 is 0 Å². The van der Waals surface area contributed by atoms with Crippen molar-refractivity contribution in [1.29, 1.82) is 0 Å². The van der Waals surface area contributed by atoms with Crippen LogP contribution < -0.4 is 0 Å². The molecule has 0 aliphatic carbocycles. The Morgan fingerprint density at radius 1 is 1.47 bits per heavy atom. The smallest absolute Gasteiger partial charge is 0.137 e. The molecule has 1 fully saturated rings. The minimum absolute atomic E-state index is 0.139. The fraction of sp³-hybridized carbons (Fsp3) is 0.467. The lowest BCUT2D eigenvalue weighted by atomic mass is 10.1. The summed E-state index contributed by atoms with van der Waals surface area (Å²) in [6.45, 7) is 3.05. The molecule has 0 bridgehead atoms. The van der Waals surface area contributed by atoms with Gasteiger partial charge in [0.05, 0.1) is 6.04 Å². The van der Waals surface area contributed by atoms with Crippen molar-refractivity contribution >= 4 is 22.7 Å². The lowest BCUT2D eigenvalue weighted by Crippen LogP contribution is -2.43. The quantitative estimate of drug-likeness (QED) is 0.916. The highest BCUT2D eigenvalue weighted by Gasteiger charge is 2.29. The maximum absolute atomic E-state index is 10.6. The maximum atomic E-state index is 10.6. The Morgan fingerprint density at radius 3 is 3.05 bits per heavy atom. The van der Waals surface area contributed by atoms with Crippen molar-refractivity contribution in [3.63, 3.8) is 0 Å². The summed E-state index contributed by atoms with van der Waals surface area (Å²) in [6.07, 6.45) is -0.551. The predicted molar refractivity (Wildman–Crippen MR) is 79.7 cm³/mol. The van der Waals surface area contributed by atoms with E-state index >= 15 is 0 Å². The molecule has 1 aromatic heterocycles. The van der Waals surface area contributed by atoms with Gasteiger partial charge in [-0.3, -0.25) is 4.90 Å². The second-order valence-electron chi connectivity index (χ2n) is 5.21. The van der Waals surface area contributed by atoms with Crippen LogP contribution in [0.4, 0.5) is 0 Å². The molecule has 4 heteroatoms. The number of para-hydroxylation sites is 1. The molecule has 1 aliphatic heterocycles. The topological polar surface area (TPSA) is 36.6 Å². The second-order valence-corrected chi connectivity index (χ2v) is 6.36. The first-order chi connectivity index (χ1) is 9.16. The van der Waals surface area contributed by atoms with Crippen LogP contribution >= 0.6 is 11.8 Å². The summed E-state index contributed by atoms with van der Waals surface area (Å²) in [5.74, 6) is 2.77. The summed E-state index contributed by atoms with van der Waals surface area (Å²) in [7, 11) is 2.07. The van der Waals surface area contributed by atoms with E-state index in [1.54, 1.807) is 0 Å². The van der Waals surface area contributed by atoms with Crippen molar-refractivity contribution in [2.75, 3.05) is 25.1 Å². The number of aryl methyl sites for hydroxylation is 1. The zero-order valence-electron chi connectivity index (χ0n) is 11.3. The molecule has 1 aromatic carbocycles. The Labute approximate surface area is 117 Å². The highest BCUT2D eigenvalue weighted by atomic mass is 32.2. The van der Waals surface area contributed by atoms with Crippen LogP contribution in [0.1, 0.15) is 17.4 Å². The molecule has 3 nitrogen and oxygen atoms in total. The number of benzene rings is 1. The lowest BCUT2D eigenvalue weighted by molar-refractivity contribution is 0.0602. The molecule has 102 valence electrons. The van der Waals surface area contributed by atoms with Gasteiger partial charge in [-0.25, -0.2) is 0 Å². The highest BCUT2D eigenvalue weighted by Crippen LogP contribution is 2.31. The minimum Gasteiger partial charge on any atom is -0.458 e. The normalized spacial score (nSPS) is 22.8. The highest BCUT2D eigenvalue weighted by molar-refractivity contribution is 7.99. The van der Waals surface area contributed by atoms with Crippen LogP contribution in [0.25, 0.3) is 11.0 Å². The first-order valence-corrected chi connectivity index (χ1v) is 7.77. The molecule has 2 unspecified atom stereocenters. The maximum Gasteiger partial charge on any atom is 0.137 e. The van der Waals surface area contributed by atoms with Crippen molar-refractivity contribution in [3.05, 3.63) is 35.6 Å². The monoisotopic (exact) mass is 277 g/mol. The molecule has 19 heavy (non-hydrogen) atoms. The third-order valence-corrected chi connectivity index (χ3v) is 4.91. The van der Waals surface area contributed by atoms with Gasteiger partial charge in [0.15, 0.2) is 0 Å². The number of aliphatic hydroxyl groups excluding tert-OH is 1. The van der Waals surface area contributed by atoms with E-state index in [-0.39, 0.29) is 6.04 Å². The van der Waals surface area contributed by atoms with Gasteiger partial charge in [-0.2, -0.15) is 11.8 Å². The van der Waals surface area contributed by atoms with Gasteiger partial charge in [0.1, 0.15) is 17.4 Å². The van der Waals surface area contributed by atoms with Gasteiger partial charge in [0.25, 0.3) is 0 Å². The van der Waals surface area contributed by atoms with Gasteiger partial charge in [-0.15, -0.1) is 0 Å². The second kappa shape index (κ2) is 5.19. The molecule has 0 spiro atoms. The molecule has 0 amide bonds. The Bertz CT molecular complexity index is 581. The van der Waals surface area contributed by atoms with E-state index in [0.29, 0.717) is 5.76 Å². The molecule has 0 radical (unpaired) electrons. The lowest BCUT2D eigenvalue weighted by Gasteiger charge is -2.34. The van der Waals surface area contributed by atoms with Crippen molar-refractivity contribution in [2.24, 2.45) is 0 Å². The Hall–Kier alpha value is -0.970. The number of aliphatic hydroxyl groups is 1. The van der Waals surface area contributed by atoms with Crippen LogP contribution in [-0.2, 0) is 0 Å². The Balaban J connectivity index is 1.92. The van der Waals surface area contributed by atoms with E-state index < -0.39 is 6.10 Å². The van der Waals surface area contributed by atoms with Crippen molar-refractivity contribution < 1.29 is 9.52 Å². The molecule has 0 saturated carbocycles. The van der Waals surface area contributed by atoms with E-state index in [0.717, 1.165) is 34.6 Å². The number of thioether (sulfide) groups is 1. The number of nitrogens with zero attached hydrogens (tertiary/aromatic N) is 1. The fourth-order valence-corrected chi connectivity index (χ4v) is 3.86. The number of hydrogen-bond donors (Lipinski definition) is 1. The van der Waals surface area contributed by atoms with Gasteiger partial charge in [-0.05, 0) is 25.6 Å². The molecule has 1 N–H and O–H groups in total. The van der Waals surface area contributed by atoms with Crippen LogP contribution in [-0.4, -0.2) is 41.1 Å². The minimum atomic E-state index is -0.551. The van der Waals surface area contributed by atoms with E-state index in [1.807, 2.05) is 43.0 Å². The average Bonchev–Trinajstić information content (AvgIpc) is 2.84. The third-order valence-electron chi connectivity index (χ3n) is 3.86. The molecule has 2 aromatic rings. The zero-order valence-corrected chi connectivity index (χ0v) is 12.1. The summed E-state index contributed by atoms with van der Waals surface area (Å²) in [5.41, 5.74) is 2.00. The summed E-state index contributed by atoms with van der Waals surface area (Å²) >= 11 is 1.90. The van der Waals surface area contributed by atoms with Gasteiger partial charge in [0.2, 0.25) is 0 Å². The van der Waals surface area contributed by atoms with Crippen molar-refractivity contribution in [2.45, 2.75) is 19.1 Å². The SMILES string of the molecule is Cc1cccc2cc(C(O)C3CSCCN3C)oc12. The number of furan rings is 1. The molecule has 1 saturated heterocycles. The standard InChI is InChI=1S/C15H19NO2S/c1-10-4-3-5-11-8-13(18-15(10)11)14(17)12-9-19-7-6-16(12)2/h3-5,8,12,14,17H,6-7,9H2,1-2H3. The number of rotatable bonds is 2. The third kappa shape index (κ3) is 2.40. The van der Waals surface area contributed by atoms with E-state index in [9.17, 15) is 5.11 Å². The summed E-state index contributed by atoms with van der Waals surface area (Å²) in [5, 5.41) is 11.6. The molecule has 1 aliphatic rings. The van der Waals surface area contributed by atoms with Crippen molar-refractivity contribution in [3.8, 4) is 0 Å². The number of fused-ring (bicyclic) bond motifs is 1. The first kappa shape index (κ1) is 13.0. The van der Waals surface area contributed by atoms with E-state index in [4.69, 9.17) is 4.42 Å². The van der Waals surface area contributed by atoms with E-state index in [1.165, 1.54) is 0 Å². The predicted octanol–water partition coefficient (Wildman–Crippen LogP) is 2.82. The van der Waals surface area contributed by atoms with E-state index in [2.05, 4.69) is 11.9 Å². The Morgan fingerprint density at radius 2 is 2.32 bits per heavy atom. The van der Waals surface area contributed by atoms with Crippen LogP contribution in [0.5, 0.6) is 0 Å².